The van der Waals surface area contributed by atoms with Gasteiger partial charge in [-0.15, -0.1) is 0 Å². The topological polar surface area (TPSA) is 56.7 Å². The Morgan fingerprint density at radius 2 is 0.806 bits per heavy atom. The Labute approximate surface area is 357 Å². The summed E-state index contributed by atoms with van der Waals surface area (Å²) in [5, 5.41) is 4.59. The highest BCUT2D eigenvalue weighted by atomic mass is 16.3. The molecular weight excluding hydrogens is 757 g/mol. The van der Waals surface area contributed by atoms with Crippen LogP contribution in [-0.2, 0) is 0 Å². The molecule has 0 fully saturated rings. The van der Waals surface area contributed by atoms with Gasteiger partial charge in [0.05, 0.1) is 11.0 Å². The van der Waals surface area contributed by atoms with E-state index in [1.165, 1.54) is 27.4 Å². The summed E-state index contributed by atoms with van der Waals surface area (Å²) in [7, 11) is 0. The van der Waals surface area contributed by atoms with E-state index in [9.17, 15) is 0 Å². The number of nitrogens with zero attached hydrogens (tertiary/aromatic N) is 4. The number of benzene rings is 9. The highest BCUT2D eigenvalue weighted by molar-refractivity contribution is 6.22. The van der Waals surface area contributed by atoms with Crippen molar-refractivity contribution in [1.29, 1.82) is 0 Å². The van der Waals surface area contributed by atoms with Crippen molar-refractivity contribution < 1.29 is 4.42 Å². The average Bonchev–Trinajstić information content (AvgIpc) is 3.91. The lowest BCUT2D eigenvalue weighted by Crippen LogP contribution is -2.00. The van der Waals surface area contributed by atoms with Gasteiger partial charge in [0.25, 0.3) is 0 Å². The monoisotopic (exact) mass is 792 g/mol. The molecule has 0 spiro atoms. The molecular formula is C57H36N4O. The zero-order valence-electron chi connectivity index (χ0n) is 33.5. The second kappa shape index (κ2) is 14.7. The van der Waals surface area contributed by atoms with Gasteiger partial charge in [-0.05, 0) is 64.2 Å². The van der Waals surface area contributed by atoms with Gasteiger partial charge in [0, 0.05) is 49.5 Å². The third kappa shape index (κ3) is 5.98. The van der Waals surface area contributed by atoms with Gasteiger partial charge in [0.15, 0.2) is 17.5 Å². The quantitative estimate of drug-likeness (QED) is 0.161. The van der Waals surface area contributed by atoms with Gasteiger partial charge in [-0.2, -0.15) is 0 Å². The molecule has 290 valence electrons. The van der Waals surface area contributed by atoms with E-state index < -0.39 is 0 Å². The Hall–Kier alpha value is -8.41. The maximum Gasteiger partial charge on any atom is 0.164 e. The molecule has 0 bridgehead atoms. The first-order valence-corrected chi connectivity index (χ1v) is 20.9. The minimum Gasteiger partial charge on any atom is -0.455 e. The summed E-state index contributed by atoms with van der Waals surface area (Å²) in [4.78, 5) is 15.2. The van der Waals surface area contributed by atoms with Gasteiger partial charge in [0.1, 0.15) is 11.2 Å². The number of hydrogen-bond acceptors (Lipinski definition) is 4. The number of furan rings is 1. The second-order valence-electron chi connectivity index (χ2n) is 15.5. The van der Waals surface area contributed by atoms with Crippen LogP contribution in [0.25, 0.3) is 117 Å². The Balaban J connectivity index is 0.990. The number of rotatable bonds is 7. The molecule has 0 atom stereocenters. The number of aromatic nitrogens is 4. The van der Waals surface area contributed by atoms with E-state index in [0.29, 0.717) is 17.5 Å². The van der Waals surface area contributed by atoms with Crippen LogP contribution >= 0.6 is 0 Å². The van der Waals surface area contributed by atoms with Crippen molar-refractivity contribution in [2.45, 2.75) is 0 Å². The Bertz CT molecular complexity index is 3610. The molecule has 0 amide bonds. The molecule has 0 aliphatic rings. The zero-order valence-corrected chi connectivity index (χ0v) is 33.5. The smallest absolute Gasteiger partial charge is 0.164 e. The van der Waals surface area contributed by atoms with Crippen LogP contribution in [0, 0.1) is 0 Å². The van der Waals surface area contributed by atoms with E-state index in [2.05, 4.69) is 187 Å². The lowest BCUT2D eigenvalue weighted by Gasteiger charge is -2.10. The Morgan fingerprint density at radius 3 is 1.56 bits per heavy atom. The average molecular weight is 793 g/mol. The van der Waals surface area contributed by atoms with Crippen molar-refractivity contribution in [2.24, 2.45) is 0 Å². The number of fused-ring (bicyclic) bond motifs is 6. The standard InChI is InChI=1S/C57H36N4O/c1-4-16-37(17-5-1)38-32-34-40(35-33-38)56-58-55(39-18-6-2-7-19-39)59-57(60-56)42-21-12-20-41(36-42)44-25-13-28-48-53-46(27-15-31-51(53)62-54(44)48)45-26-14-30-50-52(45)47-24-10-11-29-49(47)61(50)43-22-8-3-9-23-43/h1-36H. The zero-order chi connectivity index (χ0) is 41.0. The molecule has 12 rings (SSSR count). The molecule has 3 heterocycles. The lowest BCUT2D eigenvalue weighted by molar-refractivity contribution is 0.670. The third-order valence-electron chi connectivity index (χ3n) is 11.9. The van der Waals surface area contributed by atoms with Crippen LogP contribution in [0.3, 0.4) is 0 Å². The van der Waals surface area contributed by atoms with Gasteiger partial charge in [-0.1, -0.05) is 182 Å². The fourth-order valence-electron chi connectivity index (χ4n) is 9.02. The van der Waals surface area contributed by atoms with Crippen molar-refractivity contribution in [2.75, 3.05) is 0 Å². The molecule has 5 heteroatoms. The summed E-state index contributed by atoms with van der Waals surface area (Å²) in [5.41, 5.74) is 14.5. The Kier molecular flexibility index (Phi) is 8.42. The van der Waals surface area contributed by atoms with E-state index in [-0.39, 0.29) is 0 Å². The van der Waals surface area contributed by atoms with Crippen LogP contribution < -0.4 is 0 Å². The molecule has 0 N–H and O–H groups in total. The van der Waals surface area contributed by atoms with E-state index in [1.54, 1.807) is 0 Å². The molecule has 0 radical (unpaired) electrons. The Morgan fingerprint density at radius 1 is 0.323 bits per heavy atom. The number of hydrogen-bond donors (Lipinski definition) is 0. The molecule has 0 aliphatic heterocycles. The van der Waals surface area contributed by atoms with Crippen molar-refractivity contribution in [1.82, 2.24) is 19.5 Å². The second-order valence-corrected chi connectivity index (χ2v) is 15.5. The minimum absolute atomic E-state index is 0.602. The van der Waals surface area contributed by atoms with Crippen LogP contribution in [-0.4, -0.2) is 19.5 Å². The van der Waals surface area contributed by atoms with Crippen molar-refractivity contribution in [3.8, 4) is 73.2 Å². The van der Waals surface area contributed by atoms with Crippen LogP contribution in [0.2, 0.25) is 0 Å². The third-order valence-corrected chi connectivity index (χ3v) is 11.9. The highest BCUT2D eigenvalue weighted by Gasteiger charge is 2.21. The van der Waals surface area contributed by atoms with Crippen LogP contribution in [0.15, 0.2) is 223 Å². The van der Waals surface area contributed by atoms with Gasteiger partial charge in [-0.25, -0.2) is 15.0 Å². The van der Waals surface area contributed by atoms with Gasteiger partial charge in [0.2, 0.25) is 0 Å². The predicted octanol–water partition coefficient (Wildman–Crippen LogP) is 14.9. The molecule has 0 unspecified atom stereocenters. The fraction of sp³-hybridized carbons (Fsp3) is 0. The normalized spacial score (nSPS) is 11.5. The molecule has 5 nitrogen and oxygen atoms in total. The fourth-order valence-corrected chi connectivity index (χ4v) is 9.02. The predicted molar refractivity (Wildman–Crippen MR) is 254 cm³/mol. The van der Waals surface area contributed by atoms with Crippen molar-refractivity contribution >= 4 is 43.7 Å². The van der Waals surface area contributed by atoms with Gasteiger partial charge in [-0.3, -0.25) is 0 Å². The molecule has 3 aromatic heterocycles. The molecule has 0 aliphatic carbocycles. The van der Waals surface area contributed by atoms with Crippen molar-refractivity contribution in [3.63, 3.8) is 0 Å². The summed E-state index contributed by atoms with van der Waals surface area (Å²) < 4.78 is 9.24. The van der Waals surface area contributed by atoms with E-state index in [4.69, 9.17) is 19.4 Å². The molecule has 9 aromatic carbocycles. The summed E-state index contributed by atoms with van der Waals surface area (Å²) in [6.07, 6.45) is 0. The number of para-hydroxylation sites is 3. The molecule has 12 aromatic rings. The van der Waals surface area contributed by atoms with Crippen LogP contribution in [0.4, 0.5) is 0 Å². The maximum atomic E-state index is 6.87. The highest BCUT2D eigenvalue weighted by Crippen LogP contribution is 2.45. The van der Waals surface area contributed by atoms with E-state index in [0.717, 1.165) is 72.1 Å². The molecule has 0 saturated heterocycles. The first-order valence-electron chi connectivity index (χ1n) is 20.9. The van der Waals surface area contributed by atoms with E-state index in [1.807, 2.05) is 36.4 Å². The molecule has 62 heavy (non-hydrogen) atoms. The van der Waals surface area contributed by atoms with Crippen molar-refractivity contribution in [3.05, 3.63) is 218 Å². The van der Waals surface area contributed by atoms with Crippen LogP contribution in [0.1, 0.15) is 0 Å². The molecule has 0 saturated carbocycles. The summed E-state index contributed by atoms with van der Waals surface area (Å²) in [6.45, 7) is 0. The lowest BCUT2D eigenvalue weighted by atomic mass is 9.94. The summed E-state index contributed by atoms with van der Waals surface area (Å²) in [5.74, 6) is 1.84. The maximum absolute atomic E-state index is 6.87. The van der Waals surface area contributed by atoms with Gasteiger partial charge >= 0.3 is 0 Å². The largest absolute Gasteiger partial charge is 0.455 e. The van der Waals surface area contributed by atoms with E-state index >= 15 is 0 Å². The first kappa shape index (κ1) is 35.5. The minimum atomic E-state index is 0.602. The van der Waals surface area contributed by atoms with Crippen LogP contribution in [0.5, 0.6) is 0 Å². The SMILES string of the molecule is c1ccc(-c2ccc(-c3nc(-c4ccccc4)nc(-c4cccc(-c5cccc6c5oc5cccc(-c7cccc8c7c7ccccc7n8-c7ccccc7)c56)c4)n3)cc2)cc1. The summed E-state index contributed by atoms with van der Waals surface area (Å²) >= 11 is 0. The summed E-state index contributed by atoms with van der Waals surface area (Å²) in [6, 6.07) is 76.2. The first-order chi connectivity index (χ1) is 30.7. The van der Waals surface area contributed by atoms with Gasteiger partial charge < -0.3 is 8.98 Å².